The molecule has 1 unspecified atom stereocenters. The molecule has 0 aromatic carbocycles. The molecule has 0 saturated heterocycles. The quantitative estimate of drug-likeness (QED) is 0.797. The van der Waals surface area contributed by atoms with Gasteiger partial charge in [0.05, 0.1) is 11.6 Å². The summed E-state index contributed by atoms with van der Waals surface area (Å²) in [6.07, 6.45) is 1.11. The molecule has 2 aromatic heterocycles. The van der Waals surface area contributed by atoms with Crippen LogP contribution in [0, 0.1) is 12.8 Å². The smallest absolute Gasteiger partial charge is 0.158 e. The van der Waals surface area contributed by atoms with Crippen molar-refractivity contribution in [3.8, 4) is 0 Å². The topological polar surface area (TPSA) is 35.6 Å². The van der Waals surface area contributed by atoms with E-state index in [-0.39, 0.29) is 0 Å². The molecular formula is C13H21ClN4. The summed E-state index contributed by atoms with van der Waals surface area (Å²) in [6, 6.07) is 0.388. The number of alkyl halides is 1. The van der Waals surface area contributed by atoms with Crippen LogP contribution in [0.3, 0.4) is 0 Å². The van der Waals surface area contributed by atoms with Crippen LogP contribution in [0.5, 0.6) is 0 Å². The molecule has 0 N–H and O–H groups in total. The second kappa shape index (κ2) is 4.92. The fourth-order valence-corrected chi connectivity index (χ4v) is 2.87. The third kappa shape index (κ3) is 2.14. The third-order valence-electron chi connectivity index (χ3n) is 3.28. The molecule has 1 atom stereocenters. The number of aryl methyl sites for hydroxylation is 2. The number of fused-ring (bicyclic) bond motifs is 1. The number of hydrogen-bond donors (Lipinski definition) is 0. The average molecular weight is 269 g/mol. The molecule has 0 bridgehead atoms. The van der Waals surface area contributed by atoms with Crippen LogP contribution >= 0.6 is 11.6 Å². The zero-order valence-electron chi connectivity index (χ0n) is 11.7. The molecule has 0 aliphatic carbocycles. The van der Waals surface area contributed by atoms with E-state index in [4.69, 9.17) is 11.6 Å². The van der Waals surface area contributed by atoms with Crippen molar-refractivity contribution in [3.05, 3.63) is 11.5 Å². The Kier molecular flexibility index (Phi) is 3.66. The monoisotopic (exact) mass is 268 g/mol. The molecule has 0 saturated carbocycles. The zero-order chi connectivity index (χ0) is 13.4. The highest BCUT2D eigenvalue weighted by Crippen LogP contribution is 2.27. The van der Waals surface area contributed by atoms with Gasteiger partial charge in [0, 0.05) is 13.1 Å². The maximum Gasteiger partial charge on any atom is 0.158 e. The summed E-state index contributed by atoms with van der Waals surface area (Å²) in [4.78, 5) is 4.63. The van der Waals surface area contributed by atoms with Gasteiger partial charge in [-0.3, -0.25) is 4.68 Å². The molecule has 0 aliphatic heterocycles. The molecule has 0 amide bonds. The predicted molar refractivity (Wildman–Crippen MR) is 75.0 cm³/mol. The first-order chi connectivity index (χ1) is 8.45. The average Bonchev–Trinajstić information content (AvgIpc) is 2.77. The van der Waals surface area contributed by atoms with Crippen LogP contribution in [0.25, 0.3) is 11.2 Å². The highest BCUT2D eigenvalue weighted by Gasteiger charge is 2.20. The normalized spacial score (nSPS) is 13.7. The van der Waals surface area contributed by atoms with Gasteiger partial charge in [-0.15, -0.1) is 11.6 Å². The second-order valence-corrected chi connectivity index (χ2v) is 5.66. The number of imidazole rings is 1. The summed E-state index contributed by atoms with van der Waals surface area (Å²) < 4.78 is 4.15. The zero-order valence-corrected chi connectivity index (χ0v) is 12.5. The Labute approximate surface area is 113 Å². The first-order valence-corrected chi connectivity index (χ1v) is 6.95. The van der Waals surface area contributed by atoms with E-state index in [1.165, 1.54) is 0 Å². The first kappa shape index (κ1) is 13.4. The van der Waals surface area contributed by atoms with Gasteiger partial charge < -0.3 is 4.57 Å². The highest BCUT2D eigenvalue weighted by atomic mass is 35.5. The number of halogens is 1. The molecule has 2 aromatic rings. The Hall–Kier alpha value is -1.03. The summed E-state index contributed by atoms with van der Waals surface area (Å²) in [6.45, 7) is 8.68. The lowest BCUT2D eigenvalue weighted by Crippen LogP contribution is -2.13. The molecule has 5 heteroatoms. The van der Waals surface area contributed by atoms with Gasteiger partial charge in [-0.25, -0.2) is 4.98 Å². The maximum atomic E-state index is 6.03. The van der Waals surface area contributed by atoms with E-state index in [2.05, 4.69) is 35.4 Å². The van der Waals surface area contributed by atoms with Crippen molar-refractivity contribution >= 4 is 22.8 Å². The second-order valence-electron chi connectivity index (χ2n) is 5.39. The predicted octanol–water partition coefficient (Wildman–Crippen LogP) is 3.42. The van der Waals surface area contributed by atoms with E-state index in [9.17, 15) is 0 Å². The van der Waals surface area contributed by atoms with Crippen LogP contribution in [-0.4, -0.2) is 19.3 Å². The van der Waals surface area contributed by atoms with E-state index < -0.39 is 0 Å². The van der Waals surface area contributed by atoms with E-state index in [0.29, 0.717) is 17.8 Å². The van der Waals surface area contributed by atoms with Crippen LogP contribution in [0.4, 0.5) is 0 Å². The van der Waals surface area contributed by atoms with Gasteiger partial charge >= 0.3 is 0 Å². The van der Waals surface area contributed by atoms with E-state index in [1.807, 2.05) is 18.7 Å². The van der Waals surface area contributed by atoms with Crippen LogP contribution in [-0.2, 0) is 12.9 Å². The van der Waals surface area contributed by atoms with Gasteiger partial charge in [0.15, 0.2) is 5.65 Å². The van der Waals surface area contributed by atoms with Gasteiger partial charge in [-0.2, -0.15) is 5.10 Å². The Bertz CT molecular complexity index is 553. The van der Waals surface area contributed by atoms with Crippen molar-refractivity contribution in [2.45, 2.75) is 46.0 Å². The van der Waals surface area contributed by atoms with Crippen molar-refractivity contribution in [1.29, 1.82) is 0 Å². The van der Waals surface area contributed by atoms with Crippen LogP contribution in [0.15, 0.2) is 0 Å². The Morgan fingerprint density at radius 3 is 2.50 bits per heavy atom. The fraction of sp³-hybridized carbons (Fsp3) is 0.692. The summed E-state index contributed by atoms with van der Waals surface area (Å²) in [5, 5.41) is 4.44. The fourth-order valence-electron chi connectivity index (χ4n) is 2.69. The first-order valence-electron chi connectivity index (χ1n) is 6.42. The van der Waals surface area contributed by atoms with E-state index in [1.54, 1.807) is 0 Å². The van der Waals surface area contributed by atoms with Crippen molar-refractivity contribution < 1.29 is 0 Å². The van der Waals surface area contributed by atoms with Crippen molar-refractivity contribution in [1.82, 2.24) is 19.3 Å². The molecule has 0 aliphatic rings. The Morgan fingerprint density at radius 1 is 1.28 bits per heavy atom. The van der Waals surface area contributed by atoms with E-state index in [0.717, 1.165) is 29.1 Å². The van der Waals surface area contributed by atoms with Gasteiger partial charge in [-0.1, -0.05) is 13.8 Å². The van der Waals surface area contributed by atoms with Crippen LogP contribution in [0.2, 0.25) is 0 Å². The molecule has 0 fully saturated rings. The van der Waals surface area contributed by atoms with Crippen LogP contribution < -0.4 is 0 Å². The number of hydrogen-bond acceptors (Lipinski definition) is 2. The molecule has 2 heterocycles. The van der Waals surface area contributed by atoms with Gasteiger partial charge in [0.2, 0.25) is 0 Å². The summed E-state index contributed by atoms with van der Waals surface area (Å²) in [7, 11) is 1.97. The Morgan fingerprint density at radius 2 is 1.94 bits per heavy atom. The Balaban J connectivity index is 2.59. The maximum absolute atomic E-state index is 6.03. The molecule has 2 rings (SSSR count). The minimum atomic E-state index is 0.388. The van der Waals surface area contributed by atoms with Crippen molar-refractivity contribution in [2.75, 3.05) is 0 Å². The highest BCUT2D eigenvalue weighted by molar-refractivity contribution is 6.16. The van der Waals surface area contributed by atoms with Gasteiger partial charge in [0.25, 0.3) is 0 Å². The SMILES string of the molecule is Cc1nn(C)c2c1nc(CCl)n2C(C)CC(C)C. The lowest BCUT2D eigenvalue weighted by Gasteiger charge is -2.18. The molecule has 18 heavy (non-hydrogen) atoms. The van der Waals surface area contributed by atoms with Gasteiger partial charge in [-0.05, 0) is 26.2 Å². The molecular weight excluding hydrogens is 248 g/mol. The summed E-state index contributed by atoms with van der Waals surface area (Å²) in [5.74, 6) is 2.03. The van der Waals surface area contributed by atoms with E-state index >= 15 is 0 Å². The molecule has 4 nitrogen and oxygen atoms in total. The lowest BCUT2D eigenvalue weighted by molar-refractivity contribution is 0.423. The number of aromatic nitrogens is 4. The minimum absolute atomic E-state index is 0.388. The van der Waals surface area contributed by atoms with Crippen molar-refractivity contribution in [3.63, 3.8) is 0 Å². The van der Waals surface area contributed by atoms with Gasteiger partial charge in [0.1, 0.15) is 11.3 Å². The number of nitrogens with zero attached hydrogens (tertiary/aromatic N) is 4. The molecule has 0 radical (unpaired) electrons. The minimum Gasteiger partial charge on any atom is -0.309 e. The summed E-state index contributed by atoms with van der Waals surface area (Å²) >= 11 is 6.03. The largest absolute Gasteiger partial charge is 0.309 e. The third-order valence-corrected chi connectivity index (χ3v) is 3.52. The molecule has 0 spiro atoms. The summed E-state index contributed by atoms with van der Waals surface area (Å²) in [5.41, 5.74) is 3.02. The number of rotatable bonds is 4. The standard InChI is InChI=1S/C13H21ClN4/c1-8(2)6-9(3)18-11(7-14)15-12-10(4)16-17(5)13(12)18/h8-9H,6-7H2,1-5H3. The molecule has 100 valence electrons. The lowest BCUT2D eigenvalue weighted by atomic mass is 10.1. The van der Waals surface area contributed by atoms with Crippen LogP contribution in [0.1, 0.15) is 44.8 Å². The van der Waals surface area contributed by atoms with Crippen molar-refractivity contribution in [2.24, 2.45) is 13.0 Å².